The van der Waals surface area contributed by atoms with Gasteiger partial charge in [-0.2, -0.15) is 18.3 Å². The summed E-state index contributed by atoms with van der Waals surface area (Å²) in [4.78, 5) is 0. The molecule has 0 unspecified atom stereocenters. The summed E-state index contributed by atoms with van der Waals surface area (Å²) in [7, 11) is 0. The van der Waals surface area contributed by atoms with Gasteiger partial charge in [0, 0.05) is 10.6 Å². The highest BCUT2D eigenvalue weighted by molar-refractivity contribution is 9.28. The molecule has 0 aliphatic heterocycles. The van der Waals surface area contributed by atoms with Crippen molar-refractivity contribution in [2.45, 2.75) is 6.18 Å². The number of rotatable bonds is 3. The second-order valence-electron chi connectivity index (χ2n) is 5.36. The summed E-state index contributed by atoms with van der Waals surface area (Å²) < 4.78 is 41.2. The Bertz CT molecular complexity index is 959. The summed E-state index contributed by atoms with van der Waals surface area (Å²) in [5, 5.41) is 5.07. The molecule has 3 rings (SSSR count). The van der Waals surface area contributed by atoms with Gasteiger partial charge in [-0.05, 0) is 74.3 Å². The number of hydrogen-bond donors (Lipinski definition) is 0. The van der Waals surface area contributed by atoms with E-state index in [1.165, 1.54) is 10.7 Å². The van der Waals surface area contributed by atoms with Crippen LogP contribution in [0.3, 0.4) is 0 Å². The summed E-state index contributed by atoms with van der Waals surface area (Å²) in [5.74, 6) is 0. The number of benzene rings is 2. The molecule has 0 atom stereocenters. The van der Waals surface area contributed by atoms with E-state index in [-0.39, 0.29) is 0 Å². The lowest BCUT2D eigenvalue weighted by Crippen LogP contribution is -2.07. The van der Waals surface area contributed by atoms with E-state index in [4.69, 9.17) is 11.6 Å². The van der Waals surface area contributed by atoms with E-state index in [2.05, 4.69) is 37.0 Å². The molecule has 0 N–H and O–H groups in total. The van der Waals surface area contributed by atoms with Crippen molar-refractivity contribution in [1.82, 2.24) is 9.78 Å². The van der Waals surface area contributed by atoms with Gasteiger partial charge in [-0.25, -0.2) is 4.68 Å². The van der Waals surface area contributed by atoms with Crippen molar-refractivity contribution in [3.63, 3.8) is 0 Å². The SMILES string of the molecule is FC(F)(F)c1cccc(-n2nc(-c3ccc(Cl)cc3)cc2C=C(Br)Br)c1. The van der Waals surface area contributed by atoms with Gasteiger partial charge >= 0.3 is 6.18 Å². The third kappa shape index (κ3) is 4.39. The van der Waals surface area contributed by atoms with Crippen molar-refractivity contribution in [2.24, 2.45) is 0 Å². The Labute approximate surface area is 169 Å². The van der Waals surface area contributed by atoms with E-state index in [1.54, 1.807) is 42.5 Å². The van der Waals surface area contributed by atoms with Gasteiger partial charge in [0.2, 0.25) is 0 Å². The Morgan fingerprint density at radius 3 is 2.35 bits per heavy atom. The van der Waals surface area contributed by atoms with Gasteiger partial charge < -0.3 is 0 Å². The lowest BCUT2D eigenvalue weighted by molar-refractivity contribution is -0.137. The smallest absolute Gasteiger partial charge is 0.233 e. The molecule has 2 aromatic carbocycles. The van der Waals surface area contributed by atoms with Crippen LogP contribution in [0.15, 0.2) is 58.0 Å². The van der Waals surface area contributed by atoms with Gasteiger partial charge in [0.05, 0.1) is 26.0 Å². The molecular weight excluding hydrogens is 496 g/mol. The predicted molar refractivity (Wildman–Crippen MR) is 105 cm³/mol. The zero-order valence-corrected chi connectivity index (χ0v) is 16.9. The van der Waals surface area contributed by atoms with Gasteiger partial charge in [-0.15, -0.1) is 0 Å². The van der Waals surface area contributed by atoms with Crippen LogP contribution in [0.2, 0.25) is 5.02 Å². The first-order valence-electron chi connectivity index (χ1n) is 7.30. The van der Waals surface area contributed by atoms with E-state index in [9.17, 15) is 13.2 Å². The summed E-state index contributed by atoms with van der Waals surface area (Å²) in [6, 6.07) is 13.9. The molecule has 1 aromatic heterocycles. The van der Waals surface area contributed by atoms with E-state index in [1.807, 2.05) is 0 Å². The molecule has 0 spiro atoms. The number of nitrogens with zero attached hydrogens (tertiary/aromatic N) is 2. The van der Waals surface area contributed by atoms with Crippen LogP contribution < -0.4 is 0 Å². The Hall–Kier alpha value is -1.57. The second-order valence-corrected chi connectivity index (χ2v) is 8.56. The van der Waals surface area contributed by atoms with Crippen LogP contribution in [0, 0.1) is 0 Å². The number of hydrogen-bond acceptors (Lipinski definition) is 1. The van der Waals surface area contributed by atoms with Crippen molar-refractivity contribution < 1.29 is 13.2 Å². The molecule has 0 bridgehead atoms. The van der Waals surface area contributed by atoms with Gasteiger partial charge in [0.1, 0.15) is 0 Å². The minimum Gasteiger partial charge on any atom is -0.233 e. The lowest BCUT2D eigenvalue weighted by Gasteiger charge is -2.10. The highest BCUT2D eigenvalue weighted by Gasteiger charge is 2.30. The average molecular weight is 507 g/mol. The molecular formula is C18H10Br2ClF3N2. The number of alkyl halides is 3. The molecule has 26 heavy (non-hydrogen) atoms. The van der Waals surface area contributed by atoms with Crippen molar-refractivity contribution in [2.75, 3.05) is 0 Å². The van der Waals surface area contributed by atoms with E-state index in [0.29, 0.717) is 25.5 Å². The highest BCUT2D eigenvalue weighted by atomic mass is 79.9. The van der Waals surface area contributed by atoms with Gasteiger partial charge in [0.25, 0.3) is 0 Å². The summed E-state index contributed by atoms with van der Waals surface area (Å²) >= 11 is 12.5. The van der Waals surface area contributed by atoms with Gasteiger partial charge in [0.15, 0.2) is 0 Å². The van der Waals surface area contributed by atoms with Gasteiger partial charge in [-0.3, -0.25) is 0 Å². The molecule has 0 radical (unpaired) electrons. The Morgan fingerprint density at radius 2 is 1.73 bits per heavy atom. The molecule has 0 aliphatic rings. The molecule has 134 valence electrons. The first-order chi connectivity index (χ1) is 12.2. The Morgan fingerprint density at radius 1 is 1.04 bits per heavy atom. The van der Waals surface area contributed by atoms with Crippen LogP contribution in [0.25, 0.3) is 23.0 Å². The molecule has 0 aliphatic carbocycles. The molecule has 3 aromatic rings. The molecule has 8 heteroatoms. The fraction of sp³-hybridized carbons (Fsp3) is 0.0556. The van der Waals surface area contributed by atoms with Crippen LogP contribution in [0.4, 0.5) is 13.2 Å². The Balaban J connectivity index is 2.14. The average Bonchev–Trinajstić information content (AvgIpc) is 2.98. The van der Waals surface area contributed by atoms with E-state index < -0.39 is 11.7 Å². The molecule has 2 nitrogen and oxygen atoms in total. The maximum Gasteiger partial charge on any atom is 0.416 e. The van der Waals surface area contributed by atoms with Crippen molar-refractivity contribution in [3.8, 4) is 16.9 Å². The highest BCUT2D eigenvalue weighted by Crippen LogP contribution is 2.32. The summed E-state index contributed by atoms with van der Waals surface area (Å²) in [5.41, 5.74) is 1.61. The summed E-state index contributed by atoms with van der Waals surface area (Å²) in [6.45, 7) is 0. The quantitative estimate of drug-likeness (QED) is 0.365. The van der Waals surface area contributed by atoms with Crippen LogP contribution in [0.5, 0.6) is 0 Å². The molecule has 0 amide bonds. The fourth-order valence-corrected chi connectivity index (χ4v) is 2.99. The third-order valence-corrected chi connectivity index (χ3v) is 4.26. The zero-order valence-electron chi connectivity index (χ0n) is 12.9. The zero-order chi connectivity index (χ0) is 18.9. The molecule has 0 saturated carbocycles. The van der Waals surface area contributed by atoms with Crippen LogP contribution in [-0.4, -0.2) is 9.78 Å². The standard InChI is InChI=1S/C18H10Br2ClF3N2/c19-17(20)10-15-9-16(11-4-6-13(21)7-5-11)25-26(15)14-3-1-2-12(8-14)18(22,23)24/h1-10H. The minimum absolute atomic E-state index is 0.313. The maximum atomic E-state index is 13.0. The summed E-state index contributed by atoms with van der Waals surface area (Å²) in [6.07, 6.45) is -2.71. The Kier molecular flexibility index (Phi) is 5.60. The third-order valence-electron chi connectivity index (χ3n) is 3.55. The van der Waals surface area contributed by atoms with Gasteiger partial charge in [-0.1, -0.05) is 29.8 Å². The van der Waals surface area contributed by atoms with Crippen molar-refractivity contribution in [1.29, 1.82) is 0 Å². The van der Waals surface area contributed by atoms with E-state index in [0.717, 1.165) is 17.7 Å². The van der Waals surface area contributed by atoms with Crippen molar-refractivity contribution in [3.05, 3.63) is 74.3 Å². The second kappa shape index (κ2) is 7.58. The monoisotopic (exact) mass is 504 g/mol. The van der Waals surface area contributed by atoms with Crippen LogP contribution in [0.1, 0.15) is 11.3 Å². The van der Waals surface area contributed by atoms with Crippen LogP contribution >= 0.6 is 43.5 Å². The maximum absolute atomic E-state index is 13.0. The molecule has 0 saturated heterocycles. The molecule has 1 heterocycles. The number of aromatic nitrogens is 2. The topological polar surface area (TPSA) is 17.8 Å². The van der Waals surface area contributed by atoms with E-state index >= 15 is 0 Å². The molecule has 0 fully saturated rings. The first-order valence-corrected chi connectivity index (χ1v) is 9.27. The normalized spacial score (nSPS) is 11.5. The fourth-order valence-electron chi connectivity index (χ4n) is 2.39. The lowest BCUT2D eigenvalue weighted by atomic mass is 10.1. The van der Waals surface area contributed by atoms with Crippen LogP contribution in [-0.2, 0) is 6.18 Å². The largest absolute Gasteiger partial charge is 0.416 e. The first kappa shape index (κ1) is 19.2. The minimum atomic E-state index is -4.42. The van der Waals surface area contributed by atoms with Crippen molar-refractivity contribution >= 4 is 49.5 Å². The number of halogens is 6. The predicted octanol–water partition coefficient (Wildman–Crippen LogP) is 7.30.